The van der Waals surface area contributed by atoms with Gasteiger partial charge in [0.1, 0.15) is 5.69 Å². The van der Waals surface area contributed by atoms with Crippen LogP contribution in [0.1, 0.15) is 28.5 Å². The summed E-state index contributed by atoms with van der Waals surface area (Å²) in [5, 5.41) is 0. The number of hydrogen-bond donors (Lipinski definition) is 0. The molecule has 0 aliphatic carbocycles. The van der Waals surface area contributed by atoms with Gasteiger partial charge in [0.15, 0.2) is 0 Å². The zero-order chi connectivity index (χ0) is 10.7. The van der Waals surface area contributed by atoms with Crippen LogP contribution >= 0.6 is 11.7 Å². The van der Waals surface area contributed by atoms with Crippen LogP contribution in [0.4, 0.5) is 0 Å². The molecule has 0 spiro atoms. The van der Waals surface area contributed by atoms with Gasteiger partial charge in [-0.25, -0.2) is 0 Å². The molecule has 3 nitrogen and oxygen atoms in total. The summed E-state index contributed by atoms with van der Waals surface area (Å²) in [6.45, 7) is 2.06. The van der Waals surface area contributed by atoms with E-state index in [9.17, 15) is 4.79 Å². The third-order valence-electron chi connectivity index (χ3n) is 2.19. The van der Waals surface area contributed by atoms with E-state index in [0.717, 1.165) is 23.7 Å². The topological polar surface area (TPSA) is 42.9 Å². The molecule has 0 saturated heterocycles. The molecule has 2 rings (SSSR count). The van der Waals surface area contributed by atoms with Gasteiger partial charge in [-0.1, -0.05) is 25.1 Å². The minimum absolute atomic E-state index is 0.0564. The van der Waals surface area contributed by atoms with Crippen molar-refractivity contribution >= 4 is 17.5 Å². The number of benzene rings is 1. The monoisotopic (exact) mass is 218 g/mol. The molecule has 1 aromatic carbocycles. The maximum atomic E-state index is 11.9. The fourth-order valence-electron chi connectivity index (χ4n) is 1.35. The number of ketones is 1. The molecule has 0 unspecified atom stereocenters. The fraction of sp³-hybridized carbons (Fsp3) is 0.182. The van der Waals surface area contributed by atoms with Gasteiger partial charge in [0.05, 0.1) is 17.9 Å². The Morgan fingerprint density at radius 2 is 2.33 bits per heavy atom. The van der Waals surface area contributed by atoms with Crippen molar-refractivity contribution in [3.05, 3.63) is 47.3 Å². The van der Waals surface area contributed by atoms with E-state index in [1.807, 2.05) is 18.2 Å². The highest BCUT2D eigenvalue weighted by atomic mass is 32.1. The molecular weight excluding hydrogens is 208 g/mol. The van der Waals surface area contributed by atoms with Crippen LogP contribution in [0, 0.1) is 0 Å². The summed E-state index contributed by atoms with van der Waals surface area (Å²) in [6, 6.07) is 7.62. The smallest absolute Gasteiger partial charge is 0.214 e. The van der Waals surface area contributed by atoms with Gasteiger partial charge < -0.3 is 0 Å². The first-order valence-electron chi connectivity index (χ1n) is 4.72. The average molecular weight is 218 g/mol. The van der Waals surface area contributed by atoms with Crippen LogP contribution in [-0.2, 0) is 6.42 Å². The van der Waals surface area contributed by atoms with E-state index in [4.69, 9.17) is 0 Å². The predicted octanol–water partition coefficient (Wildman–Crippen LogP) is 2.33. The summed E-state index contributed by atoms with van der Waals surface area (Å²) >= 11 is 1.05. The van der Waals surface area contributed by atoms with E-state index in [1.54, 1.807) is 6.07 Å². The SMILES string of the molecule is CCc1cccc(C(=O)c2cnsn2)c1. The largest absolute Gasteiger partial charge is 0.287 e. The van der Waals surface area contributed by atoms with Crippen LogP contribution in [0.5, 0.6) is 0 Å². The molecular formula is C11H10N2OS. The highest BCUT2D eigenvalue weighted by molar-refractivity contribution is 6.99. The van der Waals surface area contributed by atoms with Gasteiger partial charge in [-0.3, -0.25) is 4.79 Å². The molecule has 76 valence electrons. The molecule has 0 aliphatic heterocycles. The van der Waals surface area contributed by atoms with Gasteiger partial charge in [0.2, 0.25) is 5.78 Å². The van der Waals surface area contributed by atoms with Crippen LogP contribution < -0.4 is 0 Å². The number of nitrogens with zero attached hydrogens (tertiary/aromatic N) is 2. The Bertz CT molecular complexity index is 465. The Hall–Kier alpha value is -1.55. The Labute approximate surface area is 92.1 Å². The minimum Gasteiger partial charge on any atom is -0.287 e. The molecule has 15 heavy (non-hydrogen) atoms. The maximum absolute atomic E-state index is 11.9. The average Bonchev–Trinajstić information content (AvgIpc) is 2.81. The number of aromatic nitrogens is 2. The van der Waals surface area contributed by atoms with Crippen molar-refractivity contribution < 1.29 is 4.79 Å². The minimum atomic E-state index is -0.0564. The predicted molar refractivity (Wildman–Crippen MR) is 59.2 cm³/mol. The summed E-state index contributed by atoms with van der Waals surface area (Å²) in [5.74, 6) is -0.0564. The number of carbonyl (C=O) groups excluding carboxylic acids is 1. The summed E-state index contributed by atoms with van der Waals surface area (Å²) in [5.41, 5.74) is 2.26. The van der Waals surface area contributed by atoms with E-state index >= 15 is 0 Å². The first kappa shape index (κ1) is 9.98. The maximum Gasteiger partial charge on any atom is 0.214 e. The molecule has 0 fully saturated rings. The first-order valence-corrected chi connectivity index (χ1v) is 5.45. The third-order valence-corrected chi connectivity index (χ3v) is 2.67. The Kier molecular flexibility index (Phi) is 2.87. The van der Waals surface area contributed by atoms with Crippen molar-refractivity contribution in [3.63, 3.8) is 0 Å². The van der Waals surface area contributed by atoms with E-state index in [2.05, 4.69) is 15.7 Å². The highest BCUT2D eigenvalue weighted by Gasteiger charge is 2.11. The van der Waals surface area contributed by atoms with Crippen LogP contribution in [0.3, 0.4) is 0 Å². The zero-order valence-corrected chi connectivity index (χ0v) is 9.12. The molecule has 1 aromatic heterocycles. The third kappa shape index (κ3) is 2.10. The van der Waals surface area contributed by atoms with Crippen molar-refractivity contribution in [2.24, 2.45) is 0 Å². The fourth-order valence-corrected chi connectivity index (χ4v) is 1.76. The summed E-state index contributed by atoms with van der Waals surface area (Å²) < 4.78 is 7.75. The van der Waals surface area contributed by atoms with Crippen LogP contribution in [0.25, 0.3) is 0 Å². The molecule has 0 saturated carbocycles. The number of hydrogen-bond acceptors (Lipinski definition) is 4. The van der Waals surface area contributed by atoms with Gasteiger partial charge in [0.25, 0.3) is 0 Å². The van der Waals surface area contributed by atoms with E-state index in [0.29, 0.717) is 11.3 Å². The van der Waals surface area contributed by atoms with Crippen LogP contribution in [-0.4, -0.2) is 14.5 Å². The Morgan fingerprint density at radius 3 is 3.00 bits per heavy atom. The molecule has 2 aromatic rings. The van der Waals surface area contributed by atoms with E-state index in [-0.39, 0.29) is 5.78 Å². The van der Waals surface area contributed by atoms with Gasteiger partial charge in [-0.05, 0) is 18.1 Å². The number of carbonyl (C=O) groups is 1. The quantitative estimate of drug-likeness (QED) is 0.742. The molecule has 0 N–H and O–H groups in total. The second-order valence-electron chi connectivity index (χ2n) is 3.18. The van der Waals surface area contributed by atoms with Gasteiger partial charge in [0, 0.05) is 5.56 Å². The molecule has 4 heteroatoms. The lowest BCUT2D eigenvalue weighted by Gasteiger charge is -2.00. The van der Waals surface area contributed by atoms with E-state index in [1.165, 1.54) is 6.20 Å². The molecule has 1 heterocycles. The van der Waals surface area contributed by atoms with Crippen molar-refractivity contribution in [3.8, 4) is 0 Å². The lowest BCUT2D eigenvalue weighted by atomic mass is 10.0. The first-order chi connectivity index (χ1) is 7.31. The highest BCUT2D eigenvalue weighted by Crippen LogP contribution is 2.10. The Balaban J connectivity index is 2.34. The Morgan fingerprint density at radius 1 is 1.47 bits per heavy atom. The van der Waals surface area contributed by atoms with Crippen molar-refractivity contribution in [1.29, 1.82) is 0 Å². The molecule has 0 radical (unpaired) electrons. The van der Waals surface area contributed by atoms with Crippen molar-refractivity contribution in [2.45, 2.75) is 13.3 Å². The number of rotatable bonds is 3. The number of aryl methyl sites for hydroxylation is 1. The van der Waals surface area contributed by atoms with E-state index < -0.39 is 0 Å². The second kappa shape index (κ2) is 4.31. The second-order valence-corrected chi connectivity index (χ2v) is 3.73. The van der Waals surface area contributed by atoms with Gasteiger partial charge >= 0.3 is 0 Å². The van der Waals surface area contributed by atoms with Gasteiger partial charge in [-0.15, -0.1) is 0 Å². The standard InChI is InChI=1S/C11H10N2OS/c1-2-8-4-3-5-9(6-8)11(14)10-7-12-15-13-10/h3-7H,2H2,1H3. The lowest BCUT2D eigenvalue weighted by molar-refractivity contribution is 0.103. The summed E-state index contributed by atoms with van der Waals surface area (Å²) in [7, 11) is 0. The lowest BCUT2D eigenvalue weighted by Crippen LogP contribution is -2.01. The van der Waals surface area contributed by atoms with Crippen molar-refractivity contribution in [2.75, 3.05) is 0 Å². The zero-order valence-electron chi connectivity index (χ0n) is 8.30. The van der Waals surface area contributed by atoms with Crippen LogP contribution in [0.15, 0.2) is 30.5 Å². The van der Waals surface area contributed by atoms with Gasteiger partial charge in [-0.2, -0.15) is 8.75 Å². The molecule has 0 aliphatic rings. The molecule has 0 amide bonds. The summed E-state index contributed by atoms with van der Waals surface area (Å²) in [4.78, 5) is 11.9. The van der Waals surface area contributed by atoms with Crippen LogP contribution in [0.2, 0.25) is 0 Å². The van der Waals surface area contributed by atoms with Crippen molar-refractivity contribution in [1.82, 2.24) is 8.75 Å². The summed E-state index contributed by atoms with van der Waals surface area (Å²) in [6.07, 6.45) is 2.43. The molecule has 0 bridgehead atoms. The normalized spacial score (nSPS) is 10.2. The molecule has 0 atom stereocenters.